The Labute approximate surface area is 135 Å². The Kier molecular flexibility index (Phi) is 4.36. The van der Waals surface area contributed by atoms with E-state index in [1.807, 2.05) is 0 Å². The fraction of sp³-hybridized carbons (Fsp3) is 0.588. The van der Waals surface area contributed by atoms with Gasteiger partial charge in [0.25, 0.3) is 0 Å². The molecular formula is C17H23BrN2O. The van der Waals surface area contributed by atoms with Crippen LogP contribution in [0.1, 0.15) is 44.0 Å². The molecule has 2 aliphatic rings. The molecular weight excluding hydrogens is 328 g/mol. The maximum Gasteiger partial charge on any atom is 0.222 e. The topological polar surface area (TPSA) is 29.3 Å². The normalized spacial score (nSPS) is 27.4. The number of rotatable bonds is 3. The largest absolute Gasteiger partial charge is 0.441 e. The third-order valence-electron chi connectivity index (χ3n) is 4.72. The lowest BCUT2D eigenvalue weighted by Crippen LogP contribution is -2.25. The van der Waals surface area contributed by atoms with Crippen LogP contribution >= 0.6 is 15.9 Å². The fourth-order valence-electron chi connectivity index (χ4n) is 2.97. The molecule has 1 aromatic heterocycles. The summed E-state index contributed by atoms with van der Waals surface area (Å²) in [5, 5.41) is 0. The molecule has 0 saturated heterocycles. The van der Waals surface area contributed by atoms with Crippen LogP contribution in [0.5, 0.6) is 0 Å². The van der Waals surface area contributed by atoms with E-state index >= 15 is 0 Å². The average Bonchev–Trinajstić information content (AvgIpc) is 2.86. The number of halogens is 1. The van der Waals surface area contributed by atoms with Gasteiger partial charge >= 0.3 is 0 Å². The highest BCUT2D eigenvalue weighted by molar-refractivity contribution is 9.11. The molecule has 1 aliphatic carbocycles. The third-order valence-corrected chi connectivity index (χ3v) is 5.57. The van der Waals surface area contributed by atoms with Gasteiger partial charge in [0.15, 0.2) is 0 Å². The predicted octanol–water partition coefficient (Wildman–Crippen LogP) is 4.39. The van der Waals surface area contributed by atoms with Crippen molar-refractivity contribution in [1.29, 1.82) is 0 Å². The van der Waals surface area contributed by atoms with Crippen molar-refractivity contribution in [3.8, 4) is 0 Å². The first-order valence-corrected chi connectivity index (χ1v) is 8.55. The van der Waals surface area contributed by atoms with Crippen molar-refractivity contribution in [2.75, 3.05) is 13.6 Å². The molecule has 3 nitrogen and oxygen atoms in total. The minimum Gasteiger partial charge on any atom is -0.441 e. The van der Waals surface area contributed by atoms with E-state index in [9.17, 15) is 0 Å². The van der Waals surface area contributed by atoms with Crippen molar-refractivity contribution in [3.63, 3.8) is 0 Å². The van der Waals surface area contributed by atoms with Gasteiger partial charge in [0, 0.05) is 25.1 Å². The van der Waals surface area contributed by atoms with Crippen molar-refractivity contribution in [2.24, 2.45) is 11.8 Å². The minimum atomic E-state index is 0.695. The number of hydrogen-bond acceptors (Lipinski definition) is 3. The van der Waals surface area contributed by atoms with Gasteiger partial charge in [-0.3, -0.25) is 4.90 Å². The van der Waals surface area contributed by atoms with Crippen LogP contribution < -0.4 is 0 Å². The van der Waals surface area contributed by atoms with Gasteiger partial charge in [-0.05, 0) is 43.1 Å². The molecule has 114 valence electrons. The number of oxazole rings is 1. The average molecular weight is 351 g/mol. The molecule has 1 aromatic rings. The minimum absolute atomic E-state index is 0.695. The second-order valence-corrected chi connectivity index (χ2v) is 7.35. The van der Waals surface area contributed by atoms with E-state index in [1.165, 1.54) is 17.3 Å². The van der Waals surface area contributed by atoms with Crippen LogP contribution in [0.2, 0.25) is 0 Å². The molecule has 0 bridgehead atoms. The maximum absolute atomic E-state index is 5.92. The highest BCUT2D eigenvalue weighted by Crippen LogP contribution is 2.41. The summed E-state index contributed by atoms with van der Waals surface area (Å²) in [7, 11) is 2.12. The number of likely N-dealkylation sites (N-methyl/N-ethyl adjacent to an activating group) is 1. The van der Waals surface area contributed by atoms with Gasteiger partial charge in [0.2, 0.25) is 5.89 Å². The molecule has 0 N–H and O–H groups in total. The lowest BCUT2D eigenvalue weighted by Gasteiger charge is -2.33. The second kappa shape index (κ2) is 6.09. The van der Waals surface area contributed by atoms with Crippen LogP contribution in [0.15, 0.2) is 21.1 Å². The van der Waals surface area contributed by atoms with Gasteiger partial charge in [0.1, 0.15) is 5.76 Å². The van der Waals surface area contributed by atoms with Crippen LogP contribution in [0.4, 0.5) is 0 Å². The molecule has 2 atom stereocenters. The lowest BCUT2D eigenvalue weighted by atomic mass is 9.75. The predicted molar refractivity (Wildman–Crippen MR) is 89.1 cm³/mol. The van der Waals surface area contributed by atoms with Crippen LogP contribution in [-0.2, 0) is 13.0 Å². The number of aromatic nitrogens is 1. The first kappa shape index (κ1) is 15.0. The molecule has 0 radical (unpaired) electrons. The third kappa shape index (κ3) is 3.16. The molecule has 1 aliphatic heterocycles. The van der Waals surface area contributed by atoms with Gasteiger partial charge < -0.3 is 4.42 Å². The summed E-state index contributed by atoms with van der Waals surface area (Å²) in [6.07, 6.45) is 7.90. The molecule has 1 fully saturated rings. The standard InChI is InChI=1S/C17H23BrN2O/c1-11-4-6-13(11)14(18)7-5-12(2)17-19-15-10-20(3)9-8-16(15)21-17/h5,7,11,13H,4,6,8-10H2,1-3H3/b12-5+,14-7+. The number of allylic oxidation sites excluding steroid dienone is 4. The van der Waals surface area contributed by atoms with E-state index in [4.69, 9.17) is 4.42 Å². The first-order chi connectivity index (χ1) is 10.0. The number of fused-ring (bicyclic) bond motifs is 1. The lowest BCUT2D eigenvalue weighted by molar-refractivity contribution is 0.248. The molecule has 1 saturated carbocycles. The van der Waals surface area contributed by atoms with Gasteiger partial charge in [0.05, 0.1) is 5.69 Å². The van der Waals surface area contributed by atoms with Gasteiger partial charge in [-0.1, -0.05) is 35.0 Å². The zero-order valence-electron chi connectivity index (χ0n) is 13.0. The van der Waals surface area contributed by atoms with E-state index in [0.29, 0.717) is 5.92 Å². The second-order valence-electron chi connectivity index (χ2n) is 6.44. The van der Waals surface area contributed by atoms with Crippen molar-refractivity contribution in [2.45, 2.75) is 39.7 Å². The Morgan fingerprint density at radius 3 is 2.86 bits per heavy atom. The molecule has 3 rings (SSSR count). The molecule has 21 heavy (non-hydrogen) atoms. The fourth-order valence-corrected chi connectivity index (χ4v) is 3.79. The van der Waals surface area contributed by atoms with E-state index in [-0.39, 0.29) is 0 Å². The Hall–Kier alpha value is -0.870. The molecule has 2 heterocycles. The summed E-state index contributed by atoms with van der Waals surface area (Å²) in [5.74, 6) is 3.33. The van der Waals surface area contributed by atoms with Crippen LogP contribution in [0, 0.1) is 11.8 Å². The highest BCUT2D eigenvalue weighted by Gasteiger charge is 2.28. The molecule has 0 aromatic carbocycles. The summed E-state index contributed by atoms with van der Waals surface area (Å²) in [5.41, 5.74) is 2.19. The molecule has 0 amide bonds. The van der Waals surface area contributed by atoms with E-state index in [0.717, 1.165) is 48.3 Å². The Bertz CT molecular complexity index is 588. The van der Waals surface area contributed by atoms with Crippen LogP contribution in [0.3, 0.4) is 0 Å². The van der Waals surface area contributed by atoms with Crippen LogP contribution in [-0.4, -0.2) is 23.5 Å². The smallest absolute Gasteiger partial charge is 0.222 e. The Balaban J connectivity index is 1.74. The van der Waals surface area contributed by atoms with Gasteiger partial charge in [-0.15, -0.1) is 0 Å². The van der Waals surface area contributed by atoms with E-state index < -0.39 is 0 Å². The zero-order chi connectivity index (χ0) is 15.0. The molecule has 4 heteroatoms. The Morgan fingerprint density at radius 2 is 2.19 bits per heavy atom. The monoisotopic (exact) mass is 350 g/mol. The first-order valence-electron chi connectivity index (χ1n) is 7.76. The molecule has 0 spiro atoms. The van der Waals surface area contributed by atoms with E-state index in [1.54, 1.807) is 0 Å². The van der Waals surface area contributed by atoms with Crippen molar-refractivity contribution in [1.82, 2.24) is 9.88 Å². The van der Waals surface area contributed by atoms with E-state index in [2.05, 4.69) is 58.9 Å². The maximum atomic E-state index is 5.92. The summed E-state index contributed by atoms with van der Waals surface area (Å²) in [6.45, 7) is 6.33. The zero-order valence-corrected chi connectivity index (χ0v) is 14.6. The number of hydrogen-bond donors (Lipinski definition) is 0. The summed E-state index contributed by atoms with van der Waals surface area (Å²) < 4.78 is 7.22. The quantitative estimate of drug-likeness (QED) is 0.757. The Morgan fingerprint density at radius 1 is 1.38 bits per heavy atom. The van der Waals surface area contributed by atoms with Crippen LogP contribution in [0.25, 0.3) is 5.57 Å². The molecule has 2 unspecified atom stereocenters. The van der Waals surface area contributed by atoms with Gasteiger partial charge in [-0.2, -0.15) is 0 Å². The summed E-state index contributed by atoms with van der Waals surface area (Å²) in [4.78, 5) is 6.93. The summed E-state index contributed by atoms with van der Waals surface area (Å²) in [6, 6.07) is 0. The number of nitrogens with zero attached hydrogens (tertiary/aromatic N) is 2. The van der Waals surface area contributed by atoms with Crippen molar-refractivity contribution < 1.29 is 4.42 Å². The van der Waals surface area contributed by atoms with Crippen molar-refractivity contribution in [3.05, 3.63) is 34.0 Å². The van der Waals surface area contributed by atoms with Gasteiger partial charge in [-0.25, -0.2) is 4.98 Å². The SMILES string of the molecule is C/C(=C\C=C(\Br)C1CCC1C)c1nc2c(o1)CCN(C)C2. The summed E-state index contributed by atoms with van der Waals surface area (Å²) >= 11 is 3.72. The van der Waals surface area contributed by atoms with Crippen molar-refractivity contribution >= 4 is 21.5 Å². The highest BCUT2D eigenvalue weighted by atomic mass is 79.9.